The average molecular weight is 658 g/mol. The Morgan fingerprint density at radius 1 is 0.755 bits per heavy atom. The van der Waals surface area contributed by atoms with Crippen LogP contribution in [0.2, 0.25) is 0 Å². The summed E-state index contributed by atoms with van der Waals surface area (Å²) in [5.74, 6) is 1.12. The molecule has 5 aromatic rings. The van der Waals surface area contributed by atoms with Crippen molar-refractivity contribution in [3.8, 4) is 0 Å². The van der Waals surface area contributed by atoms with Crippen LogP contribution in [0, 0.1) is 0 Å². The van der Waals surface area contributed by atoms with Gasteiger partial charge in [0, 0.05) is 68.8 Å². The number of imidazole rings is 1. The summed E-state index contributed by atoms with van der Waals surface area (Å²) in [5.41, 5.74) is 6.39. The topological polar surface area (TPSA) is 136 Å². The normalized spacial score (nSPS) is 17.5. The van der Waals surface area contributed by atoms with E-state index in [-0.39, 0.29) is 5.91 Å². The lowest BCUT2D eigenvalue weighted by molar-refractivity contribution is -0.120. The minimum atomic E-state index is -0.394. The minimum absolute atomic E-state index is 0.240. The zero-order chi connectivity index (χ0) is 33.2. The van der Waals surface area contributed by atoms with Crippen molar-refractivity contribution in [3.63, 3.8) is 0 Å². The summed E-state index contributed by atoms with van der Waals surface area (Å²) in [6.45, 7) is 4.78. The Hall–Kier alpha value is -5.56. The number of carbonyl (C=O) groups is 2. The van der Waals surface area contributed by atoms with Crippen molar-refractivity contribution >= 4 is 57.7 Å². The van der Waals surface area contributed by atoms with E-state index in [0.717, 1.165) is 79.7 Å². The Kier molecular flexibility index (Phi) is 8.48. The number of hydrogen-bond donors (Lipinski definition) is 3. The van der Waals surface area contributed by atoms with Crippen LogP contribution in [0.5, 0.6) is 0 Å². The first-order chi connectivity index (χ1) is 24.1. The van der Waals surface area contributed by atoms with Gasteiger partial charge in [0.25, 0.3) is 0 Å². The number of piperazine rings is 1. The fraction of sp³-hybridized carbons (Fsp3) is 0.333. The molecular weight excluding hydrogens is 618 g/mol. The van der Waals surface area contributed by atoms with Crippen LogP contribution >= 0.6 is 0 Å². The van der Waals surface area contributed by atoms with E-state index in [1.165, 1.54) is 18.5 Å². The molecule has 8 rings (SSSR count). The molecule has 1 aliphatic carbocycles. The molecule has 13 nitrogen and oxygen atoms in total. The summed E-state index contributed by atoms with van der Waals surface area (Å²) in [6, 6.07) is 22.4. The molecule has 3 aromatic heterocycles. The Morgan fingerprint density at radius 3 is 2.24 bits per heavy atom. The van der Waals surface area contributed by atoms with Gasteiger partial charge < -0.3 is 15.5 Å². The number of anilines is 6. The largest absolute Gasteiger partial charge is 0.369 e. The molecule has 3 fully saturated rings. The molecule has 5 heterocycles. The summed E-state index contributed by atoms with van der Waals surface area (Å²) in [7, 11) is 0. The van der Waals surface area contributed by atoms with Gasteiger partial charge in [0.2, 0.25) is 17.8 Å². The molecule has 1 saturated carbocycles. The number of para-hydroxylation sites is 1. The maximum absolute atomic E-state index is 12.1. The second kappa shape index (κ2) is 13.5. The van der Waals surface area contributed by atoms with Gasteiger partial charge in [-0.15, -0.1) is 0 Å². The molecule has 3 N–H and O–H groups in total. The van der Waals surface area contributed by atoms with Gasteiger partial charge in [-0.1, -0.05) is 31.0 Å². The Labute approximate surface area is 284 Å². The molecule has 0 radical (unpaired) electrons. The first-order valence-electron chi connectivity index (χ1n) is 17.0. The highest BCUT2D eigenvalue weighted by molar-refractivity contribution is 6.05. The van der Waals surface area contributed by atoms with E-state index in [4.69, 9.17) is 9.97 Å². The molecule has 2 saturated heterocycles. The summed E-state index contributed by atoms with van der Waals surface area (Å²) < 4.78 is 2.26. The molecule has 2 aliphatic heterocycles. The van der Waals surface area contributed by atoms with Gasteiger partial charge >= 0.3 is 6.03 Å². The minimum Gasteiger partial charge on any atom is -0.369 e. The average Bonchev–Trinajstić information content (AvgIpc) is 3.78. The predicted octanol–water partition coefficient (Wildman–Crippen LogP) is 5.59. The van der Waals surface area contributed by atoms with Crippen molar-refractivity contribution in [1.29, 1.82) is 0 Å². The Bertz CT molecular complexity index is 1930. The van der Waals surface area contributed by atoms with Crippen LogP contribution in [0.3, 0.4) is 0 Å². The number of carbonyl (C=O) groups excluding carboxylic acids is 2. The van der Waals surface area contributed by atoms with Crippen LogP contribution in [0.4, 0.5) is 39.4 Å². The van der Waals surface area contributed by atoms with Gasteiger partial charge in [0.15, 0.2) is 5.65 Å². The number of pyridine rings is 1. The molecule has 3 aliphatic rings. The molecular formula is C36H39N11O2. The molecule has 3 amide bonds. The fourth-order valence-corrected chi connectivity index (χ4v) is 6.96. The van der Waals surface area contributed by atoms with Crippen LogP contribution in [0.15, 0.2) is 79.1 Å². The molecule has 250 valence electrons. The zero-order valence-electron chi connectivity index (χ0n) is 27.3. The van der Waals surface area contributed by atoms with Crippen LogP contribution in [0.25, 0.3) is 11.2 Å². The number of nitrogens with zero attached hydrogens (tertiary/aromatic N) is 8. The van der Waals surface area contributed by atoms with Crippen molar-refractivity contribution < 1.29 is 9.59 Å². The monoisotopic (exact) mass is 657 g/mol. The zero-order valence-corrected chi connectivity index (χ0v) is 27.3. The number of nitrogens with one attached hydrogen (secondary N) is 3. The second-order valence-corrected chi connectivity index (χ2v) is 12.8. The lowest BCUT2D eigenvalue weighted by atomic mass is 10.2. The van der Waals surface area contributed by atoms with Crippen molar-refractivity contribution in [1.82, 2.24) is 34.7 Å². The molecule has 13 heteroatoms. The fourth-order valence-electron chi connectivity index (χ4n) is 6.96. The molecule has 49 heavy (non-hydrogen) atoms. The van der Waals surface area contributed by atoms with E-state index in [0.29, 0.717) is 30.6 Å². The number of imide groups is 1. The molecule has 0 unspecified atom stereocenters. The maximum Gasteiger partial charge on any atom is 0.328 e. The van der Waals surface area contributed by atoms with Gasteiger partial charge in [-0.25, -0.2) is 14.8 Å². The smallest absolute Gasteiger partial charge is 0.328 e. The van der Waals surface area contributed by atoms with Crippen LogP contribution in [-0.4, -0.2) is 74.1 Å². The Balaban J connectivity index is 0.885. The summed E-state index contributed by atoms with van der Waals surface area (Å²) in [4.78, 5) is 49.0. The van der Waals surface area contributed by atoms with Gasteiger partial charge in [0.1, 0.15) is 5.52 Å². The SMILES string of the molecule is O=C1CCN(c2ccc(CN3CCN(c4ccc(Nc5ncc6nc(Nc7ccccc7)n(C7CCCC7)c6n5)cc4)CC3)nc2)C(=O)N1. The van der Waals surface area contributed by atoms with Crippen LogP contribution < -0.4 is 25.8 Å². The molecule has 0 bridgehead atoms. The number of rotatable bonds is 9. The highest BCUT2D eigenvalue weighted by Gasteiger charge is 2.26. The van der Waals surface area contributed by atoms with Crippen molar-refractivity contribution in [2.24, 2.45) is 0 Å². The van der Waals surface area contributed by atoms with Gasteiger partial charge in [0.05, 0.1) is 23.8 Å². The van der Waals surface area contributed by atoms with Crippen molar-refractivity contribution in [2.45, 2.75) is 44.7 Å². The van der Waals surface area contributed by atoms with E-state index in [1.807, 2.05) is 42.5 Å². The predicted molar refractivity (Wildman–Crippen MR) is 190 cm³/mol. The second-order valence-electron chi connectivity index (χ2n) is 12.8. The summed E-state index contributed by atoms with van der Waals surface area (Å²) in [6.07, 6.45) is 8.47. The van der Waals surface area contributed by atoms with Gasteiger partial charge in [-0.05, 0) is 61.4 Å². The third kappa shape index (κ3) is 6.74. The number of urea groups is 1. The number of hydrogen-bond acceptors (Lipinski definition) is 10. The van der Waals surface area contributed by atoms with E-state index in [9.17, 15) is 9.59 Å². The number of aromatic nitrogens is 5. The molecule has 0 spiro atoms. The van der Waals surface area contributed by atoms with Crippen LogP contribution in [-0.2, 0) is 11.3 Å². The third-order valence-corrected chi connectivity index (χ3v) is 9.57. The standard InChI is InChI=1S/C36H39N11O2/c48-32-16-17-46(36(49)42-32)30-15-12-27(37-22-30)24-44-18-20-45(21-19-44)28-13-10-26(11-14-28)39-34-38-23-31-33(43-34)47(29-8-4-5-9-29)35(41-31)40-25-6-2-1-3-7-25/h1-3,6-7,10-15,22-23,29H,4-5,8-9,16-21,24H2,(H,40,41)(H,38,39,43)(H,42,48,49). The van der Waals surface area contributed by atoms with Crippen LogP contribution in [0.1, 0.15) is 43.8 Å². The quantitative estimate of drug-likeness (QED) is 0.184. The highest BCUT2D eigenvalue weighted by atomic mass is 16.2. The first kappa shape index (κ1) is 30.8. The summed E-state index contributed by atoms with van der Waals surface area (Å²) in [5, 5.41) is 9.27. The Morgan fingerprint density at radius 2 is 1.51 bits per heavy atom. The van der Waals surface area contributed by atoms with Crippen molar-refractivity contribution in [3.05, 3.63) is 84.8 Å². The highest BCUT2D eigenvalue weighted by Crippen LogP contribution is 2.36. The number of benzene rings is 2. The third-order valence-electron chi connectivity index (χ3n) is 9.57. The lowest BCUT2D eigenvalue weighted by Crippen LogP contribution is -2.49. The number of fused-ring (bicyclic) bond motifs is 1. The first-order valence-corrected chi connectivity index (χ1v) is 17.0. The van der Waals surface area contributed by atoms with E-state index < -0.39 is 6.03 Å². The molecule has 2 aromatic carbocycles. The van der Waals surface area contributed by atoms with Gasteiger partial charge in [-0.3, -0.25) is 29.5 Å². The van der Waals surface area contributed by atoms with E-state index in [1.54, 1.807) is 17.3 Å². The maximum atomic E-state index is 12.1. The van der Waals surface area contributed by atoms with E-state index in [2.05, 4.69) is 64.6 Å². The van der Waals surface area contributed by atoms with Crippen molar-refractivity contribution in [2.75, 3.05) is 53.2 Å². The lowest BCUT2D eigenvalue weighted by Gasteiger charge is -2.36. The van der Waals surface area contributed by atoms with E-state index >= 15 is 0 Å². The summed E-state index contributed by atoms with van der Waals surface area (Å²) >= 11 is 0. The van der Waals surface area contributed by atoms with Gasteiger partial charge in [-0.2, -0.15) is 4.98 Å². The number of amides is 3. The molecule has 0 atom stereocenters.